The van der Waals surface area contributed by atoms with Gasteiger partial charge in [0.1, 0.15) is 5.69 Å². The van der Waals surface area contributed by atoms with Crippen LogP contribution in [0.4, 0.5) is 0 Å². The Morgan fingerprint density at radius 1 is 1.43 bits per heavy atom. The first kappa shape index (κ1) is 14.3. The van der Waals surface area contributed by atoms with Gasteiger partial charge in [-0.2, -0.15) is 0 Å². The van der Waals surface area contributed by atoms with Gasteiger partial charge in [0, 0.05) is 18.0 Å². The largest absolute Gasteiger partial charge is 0.378 e. The minimum atomic E-state index is -0.178. The van der Waals surface area contributed by atoms with E-state index in [2.05, 4.69) is 10.3 Å². The van der Waals surface area contributed by atoms with Crippen LogP contribution in [0.1, 0.15) is 30.3 Å². The number of para-hydroxylation sites is 1. The molecule has 0 atom stereocenters. The summed E-state index contributed by atoms with van der Waals surface area (Å²) in [6.07, 6.45) is 2.00. The van der Waals surface area contributed by atoms with Crippen molar-refractivity contribution in [3.63, 3.8) is 0 Å². The lowest BCUT2D eigenvalue weighted by Crippen LogP contribution is -2.48. The fourth-order valence-corrected chi connectivity index (χ4v) is 2.83. The van der Waals surface area contributed by atoms with E-state index >= 15 is 0 Å². The molecule has 110 valence electrons. The summed E-state index contributed by atoms with van der Waals surface area (Å²) in [6, 6.07) is 9.32. The van der Waals surface area contributed by atoms with E-state index in [0.717, 1.165) is 23.7 Å². The molecule has 0 aliphatic heterocycles. The summed E-state index contributed by atoms with van der Waals surface area (Å²) >= 11 is 6.22. The van der Waals surface area contributed by atoms with E-state index in [1.165, 1.54) is 0 Å². The monoisotopic (exact) mass is 304 g/mol. The van der Waals surface area contributed by atoms with Crippen LogP contribution in [0.5, 0.6) is 0 Å². The molecule has 0 bridgehead atoms. The topological polar surface area (TPSA) is 51.2 Å². The van der Waals surface area contributed by atoms with Crippen LogP contribution in [0, 0.1) is 0 Å². The molecule has 1 fully saturated rings. The molecule has 4 nitrogen and oxygen atoms in total. The normalized spacial score (nSPS) is 21.0. The number of pyridine rings is 1. The van der Waals surface area contributed by atoms with Crippen molar-refractivity contribution in [3.8, 4) is 0 Å². The summed E-state index contributed by atoms with van der Waals surface area (Å²) in [5, 5.41) is 4.38. The van der Waals surface area contributed by atoms with Gasteiger partial charge in [-0.1, -0.05) is 29.8 Å². The highest BCUT2D eigenvalue weighted by Gasteiger charge is 2.31. The summed E-state index contributed by atoms with van der Waals surface area (Å²) in [7, 11) is 0. The second-order valence-corrected chi connectivity index (χ2v) is 5.63. The van der Waals surface area contributed by atoms with E-state index in [9.17, 15) is 4.79 Å². The number of halogens is 1. The molecule has 5 heteroatoms. The molecule has 0 unspecified atom stereocenters. The Bertz CT molecular complexity index is 668. The zero-order valence-electron chi connectivity index (χ0n) is 11.8. The van der Waals surface area contributed by atoms with E-state index < -0.39 is 0 Å². The zero-order chi connectivity index (χ0) is 14.8. The van der Waals surface area contributed by atoms with Crippen molar-refractivity contribution in [1.82, 2.24) is 10.3 Å². The molecule has 1 aromatic carbocycles. The number of hydrogen-bond acceptors (Lipinski definition) is 3. The molecular weight excluding hydrogens is 288 g/mol. The second-order valence-electron chi connectivity index (χ2n) is 5.23. The van der Waals surface area contributed by atoms with Crippen molar-refractivity contribution in [2.45, 2.75) is 31.9 Å². The van der Waals surface area contributed by atoms with Crippen LogP contribution >= 0.6 is 11.6 Å². The van der Waals surface area contributed by atoms with Gasteiger partial charge >= 0.3 is 0 Å². The van der Waals surface area contributed by atoms with Crippen LogP contribution in [-0.4, -0.2) is 29.6 Å². The molecule has 2 aromatic rings. The predicted molar refractivity (Wildman–Crippen MR) is 82.7 cm³/mol. The molecule has 1 N–H and O–H groups in total. The van der Waals surface area contributed by atoms with Crippen molar-refractivity contribution in [2.75, 3.05) is 6.61 Å². The molecule has 1 aromatic heterocycles. The van der Waals surface area contributed by atoms with E-state index in [1.807, 2.05) is 31.2 Å². The lowest BCUT2D eigenvalue weighted by atomic mass is 9.89. The van der Waals surface area contributed by atoms with Crippen LogP contribution in [-0.2, 0) is 4.74 Å². The van der Waals surface area contributed by atoms with Crippen LogP contribution in [0.3, 0.4) is 0 Å². The first-order chi connectivity index (χ1) is 10.2. The highest BCUT2D eigenvalue weighted by molar-refractivity contribution is 6.35. The third-order valence-corrected chi connectivity index (χ3v) is 4.04. The minimum Gasteiger partial charge on any atom is -0.378 e. The van der Waals surface area contributed by atoms with Gasteiger partial charge in [0.25, 0.3) is 5.91 Å². The van der Waals surface area contributed by atoms with Gasteiger partial charge in [-0.05, 0) is 31.9 Å². The number of aromatic nitrogens is 1. The fraction of sp³-hybridized carbons (Fsp3) is 0.375. The average molecular weight is 305 g/mol. The number of benzene rings is 1. The minimum absolute atomic E-state index is 0.168. The summed E-state index contributed by atoms with van der Waals surface area (Å²) in [5.74, 6) is -0.178. The van der Waals surface area contributed by atoms with Crippen molar-refractivity contribution >= 4 is 28.4 Å². The standard InChI is InChI=1S/C16H17ClN2O2/c1-2-21-11-7-10(8-11)18-16(20)15-9-13(17)12-5-3-4-6-14(12)19-15/h3-6,9-11H,2,7-8H2,1H3,(H,18,20). The third-order valence-electron chi connectivity index (χ3n) is 3.73. The Kier molecular flexibility index (Phi) is 4.08. The molecule has 0 radical (unpaired) electrons. The smallest absolute Gasteiger partial charge is 0.270 e. The number of nitrogens with zero attached hydrogens (tertiary/aromatic N) is 1. The summed E-state index contributed by atoms with van der Waals surface area (Å²) in [5.41, 5.74) is 1.09. The van der Waals surface area contributed by atoms with Crippen molar-refractivity contribution in [2.24, 2.45) is 0 Å². The molecule has 3 rings (SSSR count). The molecule has 1 saturated carbocycles. The van der Waals surface area contributed by atoms with Gasteiger partial charge in [-0.25, -0.2) is 4.98 Å². The average Bonchev–Trinajstić information content (AvgIpc) is 2.45. The lowest BCUT2D eigenvalue weighted by Gasteiger charge is -2.35. The highest BCUT2D eigenvalue weighted by Crippen LogP contribution is 2.25. The molecule has 1 heterocycles. The molecule has 0 saturated heterocycles. The Labute approximate surface area is 128 Å². The van der Waals surface area contributed by atoms with Crippen molar-refractivity contribution < 1.29 is 9.53 Å². The van der Waals surface area contributed by atoms with E-state index in [4.69, 9.17) is 16.3 Å². The van der Waals surface area contributed by atoms with E-state index in [-0.39, 0.29) is 18.1 Å². The molecule has 21 heavy (non-hydrogen) atoms. The second kappa shape index (κ2) is 6.00. The van der Waals surface area contributed by atoms with Gasteiger partial charge in [0.15, 0.2) is 0 Å². The van der Waals surface area contributed by atoms with Crippen LogP contribution in [0.15, 0.2) is 30.3 Å². The number of nitrogens with one attached hydrogen (secondary N) is 1. The van der Waals surface area contributed by atoms with E-state index in [1.54, 1.807) is 6.07 Å². The Morgan fingerprint density at radius 2 is 2.19 bits per heavy atom. The molecule has 1 aliphatic carbocycles. The maximum atomic E-state index is 12.2. The van der Waals surface area contributed by atoms with Gasteiger partial charge < -0.3 is 10.1 Å². The number of ether oxygens (including phenoxy) is 1. The first-order valence-electron chi connectivity index (χ1n) is 7.15. The quantitative estimate of drug-likeness (QED) is 0.944. The molecule has 1 aliphatic rings. The van der Waals surface area contributed by atoms with Gasteiger partial charge in [-0.3, -0.25) is 4.79 Å². The van der Waals surface area contributed by atoms with Crippen molar-refractivity contribution in [3.05, 3.63) is 41.0 Å². The third kappa shape index (κ3) is 3.01. The number of carbonyl (C=O) groups is 1. The SMILES string of the molecule is CCOC1CC(NC(=O)c2cc(Cl)c3ccccc3n2)C1. The van der Waals surface area contributed by atoms with Gasteiger partial charge in [-0.15, -0.1) is 0 Å². The lowest BCUT2D eigenvalue weighted by molar-refractivity contribution is -0.00866. The molecule has 0 spiro atoms. The summed E-state index contributed by atoms with van der Waals surface area (Å²) in [6.45, 7) is 2.69. The van der Waals surface area contributed by atoms with E-state index in [0.29, 0.717) is 17.3 Å². The first-order valence-corrected chi connectivity index (χ1v) is 7.53. The Balaban J connectivity index is 1.71. The summed E-state index contributed by atoms with van der Waals surface area (Å²) < 4.78 is 5.48. The maximum absolute atomic E-state index is 12.2. The zero-order valence-corrected chi connectivity index (χ0v) is 12.6. The van der Waals surface area contributed by atoms with Gasteiger partial charge in [0.05, 0.1) is 16.6 Å². The predicted octanol–water partition coefficient (Wildman–Crippen LogP) is 3.19. The number of hydrogen-bond donors (Lipinski definition) is 1. The summed E-state index contributed by atoms with van der Waals surface area (Å²) in [4.78, 5) is 16.6. The fourth-order valence-electron chi connectivity index (χ4n) is 2.56. The maximum Gasteiger partial charge on any atom is 0.270 e. The number of carbonyl (C=O) groups excluding carboxylic acids is 1. The van der Waals surface area contributed by atoms with Crippen LogP contribution in [0.2, 0.25) is 5.02 Å². The highest BCUT2D eigenvalue weighted by atomic mass is 35.5. The van der Waals surface area contributed by atoms with Gasteiger partial charge in [0.2, 0.25) is 0 Å². The number of rotatable bonds is 4. The van der Waals surface area contributed by atoms with Crippen LogP contribution < -0.4 is 5.32 Å². The van der Waals surface area contributed by atoms with Crippen molar-refractivity contribution in [1.29, 1.82) is 0 Å². The Morgan fingerprint density at radius 3 is 2.95 bits per heavy atom. The Hall–Kier alpha value is -1.65. The molecule has 1 amide bonds. The molecular formula is C16H17ClN2O2. The number of amides is 1. The van der Waals surface area contributed by atoms with Crippen LogP contribution in [0.25, 0.3) is 10.9 Å². The number of fused-ring (bicyclic) bond motifs is 1.